The number of benzene rings is 1. The number of nitrogens with zero attached hydrogens (tertiary/aromatic N) is 1. The zero-order valence-corrected chi connectivity index (χ0v) is 14.0. The quantitative estimate of drug-likeness (QED) is 0.927. The van der Waals surface area contributed by atoms with Gasteiger partial charge < -0.3 is 10.2 Å². The lowest BCUT2D eigenvalue weighted by Gasteiger charge is -2.22. The Kier molecular flexibility index (Phi) is 4.69. The molecule has 124 valence electrons. The number of carbonyl (C=O) groups is 2. The van der Waals surface area contributed by atoms with Crippen molar-refractivity contribution >= 4 is 17.5 Å². The third-order valence-corrected chi connectivity index (χ3v) is 5.05. The molecule has 0 spiro atoms. The van der Waals surface area contributed by atoms with Crippen LogP contribution >= 0.6 is 0 Å². The van der Waals surface area contributed by atoms with Gasteiger partial charge in [0.1, 0.15) is 0 Å². The summed E-state index contributed by atoms with van der Waals surface area (Å²) in [4.78, 5) is 26.7. The largest absolute Gasteiger partial charge is 0.353 e. The van der Waals surface area contributed by atoms with E-state index in [1.807, 2.05) is 18.2 Å². The van der Waals surface area contributed by atoms with Crippen LogP contribution in [0, 0.1) is 5.92 Å². The average molecular weight is 314 g/mol. The zero-order chi connectivity index (χ0) is 16.4. The number of amides is 2. The van der Waals surface area contributed by atoms with Crippen LogP contribution in [-0.4, -0.2) is 24.4 Å². The van der Waals surface area contributed by atoms with Gasteiger partial charge in [0, 0.05) is 24.7 Å². The molecular formula is C19H26N2O2. The highest BCUT2D eigenvalue weighted by Crippen LogP contribution is 2.32. The monoisotopic (exact) mass is 314 g/mol. The predicted molar refractivity (Wildman–Crippen MR) is 91.4 cm³/mol. The van der Waals surface area contributed by atoms with Gasteiger partial charge in [0.05, 0.1) is 5.92 Å². The van der Waals surface area contributed by atoms with Gasteiger partial charge in [-0.3, -0.25) is 9.59 Å². The van der Waals surface area contributed by atoms with Crippen LogP contribution in [0.1, 0.15) is 57.4 Å². The summed E-state index contributed by atoms with van der Waals surface area (Å²) < 4.78 is 0. The first-order valence-electron chi connectivity index (χ1n) is 8.76. The first-order chi connectivity index (χ1) is 11.1. The predicted octanol–water partition coefficient (Wildman–Crippen LogP) is 3.22. The van der Waals surface area contributed by atoms with E-state index in [0.29, 0.717) is 24.9 Å². The molecule has 2 amide bonds. The Morgan fingerprint density at radius 2 is 1.91 bits per heavy atom. The molecule has 3 rings (SSSR count). The fourth-order valence-electron chi connectivity index (χ4n) is 3.73. The van der Waals surface area contributed by atoms with E-state index in [-0.39, 0.29) is 17.7 Å². The smallest absolute Gasteiger partial charge is 0.227 e. The lowest BCUT2D eigenvalue weighted by Crippen LogP contribution is -2.38. The highest BCUT2D eigenvalue weighted by atomic mass is 16.2. The molecule has 1 aliphatic carbocycles. The molecule has 1 aromatic rings. The lowest BCUT2D eigenvalue weighted by molar-refractivity contribution is -0.126. The van der Waals surface area contributed by atoms with Crippen molar-refractivity contribution in [2.24, 2.45) is 5.92 Å². The number of para-hydroxylation sites is 1. The molecule has 0 bridgehead atoms. The van der Waals surface area contributed by atoms with Gasteiger partial charge in [-0.1, -0.05) is 44.9 Å². The number of nitrogens with one attached hydrogen (secondary N) is 1. The molecule has 0 aromatic heterocycles. The van der Waals surface area contributed by atoms with Crippen molar-refractivity contribution in [2.75, 3.05) is 11.4 Å². The van der Waals surface area contributed by atoms with Gasteiger partial charge in [-0.05, 0) is 30.4 Å². The third kappa shape index (κ3) is 3.41. The molecule has 1 unspecified atom stereocenters. The van der Waals surface area contributed by atoms with Crippen LogP contribution in [0.5, 0.6) is 0 Å². The third-order valence-electron chi connectivity index (χ3n) is 5.05. The number of anilines is 1. The maximum absolute atomic E-state index is 12.5. The van der Waals surface area contributed by atoms with Gasteiger partial charge >= 0.3 is 0 Å². The van der Waals surface area contributed by atoms with E-state index >= 15 is 0 Å². The van der Waals surface area contributed by atoms with Crippen LogP contribution in [-0.2, 0) is 9.59 Å². The Hall–Kier alpha value is -1.84. The second kappa shape index (κ2) is 6.73. The molecule has 1 heterocycles. The first kappa shape index (κ1) is 16.0. The molecule has 1 N–H and O–H groups in total. The molecule has 1 saturated carbocycles. The highest BCUT2D eigenvalue weighted by Gasteiger charge is 2.36. The highest BCUT2D eigenvalue weighted by molar-refractivity contribution is 6.00. The fourth-order valence-corrected chi connectivity index (χ4v) is 3.73. The second-order valence-corrected chi connectivity index (χ2v) is 7.11. The number of rotatable bonds is 4. The summed E-state index contributed by atoms with van der Waals surface area (Å²) in [5, 5.41) is 3.13. The van der Waals surface area contributed by atoms with Gasteiger partial charge in [-0.15, -0.1) is 0 Å². The first-order valence-corrected chi connectivity index (χ1v) is 8.76. The standard InChI is InChI=1S/C19H26N2O2/c1-13(2)16-9-5-6-10-17(16)21-12-14(11-18(21)22)19(23)20-15-7-3-4-8-15/h5-6,9-10,13-15H,3-4,7-8,11-12H2,1-2H3,(H,20,23). The van der Waals surface area contributed by atoms with Crippen LogP contribution in [0.3, 0.4) is 0 Å². The van der Waals surface area contributed by atoms with E-state index in [1.165, 1.54) is 12.8 Å². The molecule has 23 heavy (non-hydrogen) atoms. The van der Waals surface area contributed by atoms with Crippen molar-refractivity contribution in [1.82, 2.24) is 5.32 Å². The maximum Gasteiger partial charge on any atom is 0.227 e. The van der Waals surface area contributed by atoms with Crippen LogP contribution in [0.25, 0.3) is 0 Å². The van der Waals surface area contributed by atoms with Crippen LogP contribution in [0.2, 0.25) is 0 Å². The normalized spacial score (nSPS) is 22.1. The van der Waals surface area contributed by atoms with Gasteiger partial charge in [-0.2, -0.15) is 0 Å². The van der Waals surface area contributed by atoms with E-state index in [0.717, 1.165) is 24.1 Å². The fraction of sp³-hybridized carbons (Fsp3) is 0.579. The molecule has 4 heteroatoms. The van der Waals surface area contributed by atoms with E-state index in [9.17, 15) is 9.59 Å². The molecule has 1 aromatic carbocycles. The Morgan fingerprint density at radius 1 is 1.22 bits per heavy atom. The molecule has 2 aliphatic rings. The number of hydrogen-bond donors (Lipinski definition) is 1. The summed E-state index contributed by atoms with van der Waals surface area (Å²) in [7, 11) is 0. The maximum atomic E-state index is 12.5. The summed E-state index contributed by atoms with van der Waals surface area (Å²) in [6, 6.07) is 8.34. The van der Waals surface area contributed by atoms with Crippen LogP contribution in [0.15, 0.2) is 24.3 Å². The van der Waals surface area contributed by atoms with Crippen molar-refractivity contribution in [3.8, 4) is 0 Å². The SMILES string of the molecule is CC(C)c1ccccc1N1CC(C(=O)NC2CCCC2)CC1=O. The Labute approximate surface area is 138 Å². The minimum Gasteiger partial charge on any atom is -0.353 e. The van der Waals surface area contributed by atoms with Crippen molar-refractivity contribution in [2.45, 2.75) is 57.9 Å². The zero-order valence-electron chi connectivity index (χ0n) is 14.0. The van der Waals surface area contributed by atoms with Gasteiger partial charge in [0.15, 0.2) is 0 Å². The Morgan fingerprint density at radius 3 is 2.61 bits per heavy atom. The van der Waals surface area contributed by atoms with E-state index in [4.69, 9.17) is 0 Å². The summed E-state index contributed by atoms with van der Waals surface area (Å²) in [6.45, 7) is 4.76. The second-order valence-electron chi connectivity index (χ2n) is 7.11. The summed E-state index contributed by atoms with van der Waals surface area (Å²) in [5.41, 5.74) is 2.13. The average Bonchev–Trinajstić information content (AvgIpc) is 3.16. The minimum absolute atomic E-state index is 0.0507. The molecule has 1 aliphatic heterocycles. The van der Waals surface area contributed by atoms with E-state index < -0.39 is 0 Å². The summed E-state index contributed by atoms with van der Waals surface area (Å²) in [5.74, 6) is 0.244. The van der Waals surface area contributed by atoms with Crippen molar-refractivity contribution in [1.29, 1.82) is 0 Å². The molecular weight excluding hydrogens is 288 g/mol. The van der Waals surface area contributed by atoms with Crippen LogP contribution in [0.4, 0.5) is 5.69 Å². The summed E-state index contributed by atoms with van der Waals surface area (Å²) >= 11 is 0. The molecule has 2 fully saturated rings. The Balaban J connectivity index is 1.71. The van der Waals surface area contributed by atoms with Crippen molar-refractivity contribution < 1.29 is 9.59 Å². The topological polar surface area (TPSA) is 49.4 Å². The Bertz CT molecular complexity index is 591. The molecule has 1 atom stereocenters. The van der Waals surface area contributed by atoms with Gasteiger partial charge in [0.2, 0.25) is 11.8 Å². The van der Waals surface area contributed by atoms with Gasteiger partial charge in [-0.25, -0.2) is 0 Å². The van der Waals surface area contributed by atoms with Crippen molar-refractivity contribution in [3.05, 3.63) is 29.8 Å². The molecule has 0 radical (unpaired) electrons. The van der Waals surface area contributed by atoms with Crippen LogP contribution < -0.4 is 10.2 Å². The molecule has 4 nitrogen and oxygen atoms in total. The van der Waals surface area contributed by atoms with E-state index in [2.05, 4.69) is 25.2 Å². The van der Waals surface area contributed by atoms with E-state index in [1.54, 1.807) is 4.90 Å². The number of hydrogen-bond acceptors (Lipinski definition) is 2. The van der Waals surface area contributed by atoms with Crippen molar-refractivity contribution in [3.63, 3.8) is 0 Å². The minimum atomic E-state index is -0.219. The molecule has 1 saturated heterocycles. The summed E-state index contributed by atoms with van der Waals surface area (Å²) in [6.07, 6.45) is 4.87. The number of carbonyl (C=O) groups excluding carboxylic acids is 2. The lowest BCUT2D eigenvalue weighted by atomic mass is 10.0. The van der Waals surface area contributed by atoms with Gasteiger partial charge in [0.25, 0.3) is 0 Å².